The topological polar surface area (TPSA) is 42.4 Å². The smallest absolute Gasteiger partial charge is 0.350 e. The monoisotopic (exact) mass is 254 g/mol. The van der Waals surface area contributed by atoms with E-state index in [9.17, 15) is 4.79 Å². The van der Waals surface area contributed by atoms with Gasteiger partial charge in [-0.2, -0.15) is 0 Å². The van der Waals surface area contributed by atoms with Crippen LogP contribution in [0, 0.1) is 6.92 Å². The average molecular weight is 254 g/mol. The van der Waals surface area contributed by atoms with Gasteiger partial charge in [-0.25, -0.2) is 9.78 Å². The van der Waals surface area contributed by atoms with Crippen molar-refractivity contribution in [1.29, 1.82) is 0 Å². The number of carbonyl (C=O) groups is 1. The molecule has 1 aromatic heterocycles. The molecule has 0 bridgehead atoms. The molecule has 94 valence electrons. The highest BCUT2D eigenvalue weighted by molar-refractivity contribution is 7.17. The zero-order chi connectivity index (χ0) is 12.4. The van der Waals surface area contributed by atoms with Crippen molar-refractivity contribution in [2.24, 2.45) is 0 Å². The molecule has 1 aliphatic rings. The summed E-state index contributed by atoms with van der Waals surface area (Å²) >= 11 is 1.45. The third-order valence-electron chi connectivity index (χ3n) is 3.25. The fourth-order valence-electron chi connectivity index (χ4n) is 2.30. The van der Waals surface area contributed by atoms with Gasteiger partial charge in [-0.3, -0.25) is 0 Å². The quantitative estimate of drug-likeness (QED) is 0.778. The van der Waals surface area contributed by atoms with Crippen molar-refractivity contribution in [3.8, 4) is 0 Å². The number of hydrogen-bond acceptors (Lipinski definition) is 5. The molecule has 0 N–H and O–H groups in total. The van der Waals surface area contributed by atoms with E-state index in [1.807, 2.05) is 6.92 Å². The SMILES string of the molecule is CCC1CCCN1c1nc(C)c(C(=O)OC)s1. The Hall–Kier alpha value is -1.10. The Labute approximate surface area is 106 Å². The van der Waals surface area contributed by atoms with Crippen LogP contribution in [0.15, 0.2) is 0 Å². The number of carbonyl (C=O) groups excluding carboxylic acids is 1. The van der Waals surface area contributed by atoms with Crippen molar-refractivity contribution in [3.05, 3.63) is 10.6 Å². The minimum Gasteiger partial charge on any atom is -0.465 e. The molecular formula is C12H18N2O2S. The number of methoxy groups -OCH3 is 1. The summed E-state index contributed by atoms with van der Waals surface area (Å²) < 4.78 is 4.76. The van der Waals surface area contributed by atoms with E-state index in [0.717, 1.165) is 23.8 Å². The van der Waals surface area contributed by atoms with Gasteiger partial charge in [0.1, 0.15) is 4.88 Å². The van der Waals surface area contributed by atoms with Crippen LogP contribution < -0.4 is 4.90 Å². The molecule has 1 atom stereocenters. The molecule has 0 amide bonds. The van der Waals surface area contributed by atoms with Crippen LogP contribution in [0.5, 0.6) is 0 Å². The van der Waals surface area contributed by atoms with E-state index in [4.69, 9.17) is 4.74 Å². The first-order valence-corrected chi connectivity index (χ1v) is 6.81. The summed E-state index contributed by atoms with van der Waals surface area (Å²) in [4.78, 5) is 19.0. The minimum absolute atomic E-state index is 0.279. The second-order valence-corrected chi connectivity index (χ2v) is 5.28. The van der Waals surface area contributed by atoms with Gasteiger partial charge in [0, 0.05) is 12.6 Å². The summed E-state index contributed by atoms with van der Waals surface area (Å²) in [5, 5.41) is 0.965. The number of hydrogen-bond donors (Lipinski definition) is 0. The van der Waals surface area contributed by atoms with Crippen LogP contribution in [-0.2, 0) is 4.74 Å². The summed E-state index contributed by atoms with van der Waals surface area (Å²) in [6.45, 7) is 5.11. The fourth-order valence-corrected chi connectivity index (χ4v) is 3.38. The molecule has 0 radical (unpaired) electrons. The van der Waals surface area contributed by atoms with Crippen LogP contribution >= 0.6 is 11.3 Å². The van der Waals surface area contributed by atoms with E-state index in [0.29, 0.717) is 10.9 Å². The lowest BCUT2D eigenvalue weighted by Gasteiger charge is -2.22. The van der Waals surface area contributed by atoms with Gasteiger partial charge < -0.3 is 9.64 Å². The van der Waals surface area contributed by atoms with Crippen molar-refractivity contribution >= 4 is 22.4 Å². The number of thiazole rings is 1. The Morgan fingerprint density at radius 2 is 2.41 bits per heavy atom. The van der Waals surface area contributed by atoms with E-state index < -0.39 is 0 Å². The maximum atomic E-state index is 11.5. The molecule has 4 nitrogen and oxygen atoms in total. The van der Waals surface area contributed by atoms with Gasteiger partial charge in [-0.1, -0.05) is 18.3 Å². The summed E-state index contributed by atoms with van der Waals surface area (Å²) in [5.41, 5.74) is 0.776. The molecule has 17 heavy (non-hydrogen) atoms. The Balaban J connectivity index is 2.25. The molecule has 1 aliphatic heterocycles. The van der Waals surface area contributed by atoms with Crippen molar-refractivity contribution in [2.45, 2.75) is 39.2 Å². The maximum Gasteiger partial charge on any atom is 0.350 e. The van der Waals surface area contributed by atoms with E-state index >= 15 is 0 Å². The first kappa shape index (κ1) is 12.4. The Bertz CT molecular complexity index is 417. The maximum absolute atomic E-state index is 11.5. The van der Waals surface area contributed by atoms with Gasteiger partial charge in [0.2, 0.25) is 0 Å². The van der Waals surface area contributed by atoms with Crippen LogP contribution in [0.1, 0.15) is 41.6 Å². The summed E-state index contributed by atoms with van der Waals surface area (Å²) in [6, 6.07) is 0.575. The van der Waals surface area contributed by atoms with E-state index in [-0.39, 0.29) is 5.97 Å². The number of rotatable bonds is 3. The number of nitrogens with zero attached hydrogens (tertiary/aromatic N) is 2. The normalized spacial score (nSPS) is 19.7. The average Bonchev–Trinajstić information content (AvgIpc) is 2.93. The highest BCUT2D eigenvalue weighted by Crippen LogP contribution is 2.32. The van der Waals surface area contributed by atoms with Crippen molar-refractivity contribution in [2.75, 3.05) is 18.6 Å². The highest BCUT2D eigenvalue weighted by atomic mass is 32.1. The summed E-state index contributed by atoms with van der Waals surface area (Å²) in [6.07, 6.45) is 3.57. The predicted molar refractivity (Wildman–Crippen MR) is 68.8 cm³/mol. The number of esters is 1. The fraction of sp³-hybridized carbons (Fsp3) is 0.667. The molecule has 1 aromatic rings. The Morgan fingerprint density at radius 3 is 3.06 bits per heavy atom. The van der Waals surface area contributed by atoms with Crippen LogP contribution in [0.2, 0.25) is 0 Å². The summed E-state index contributed by atoms with van der Waals surface area (Å²) in [5.74, 6) is -0.279. The van der Waals surface area contributed by atoms with E-state index in [1.165, 1.54) is 31.3 Å². The van der Waals surface area contributed by atoms with Gasteiger partial charge in [-0.05, 0) is 26.2 Å². The molecule has 0 saturated carbocycles. The van der Waals surface area contributed by atoms with Crippen molar-refractivity contribution in [1.82, 2.24) is 4.98 Å². The third kappa shape index (κ3) is 2.29. The molecule has 1 saturated heterocycles. The largest absolute Gasteiger partial charge is 0.465 e. The molecule has 5 heteroatoms. The molecule has 2 heterocycles. The molecule has 1 fully saturated rings. The van der Waals surface area contributed by atoms with Gasteiger partial charge in [-0.15, -0.1) is 0 Å². The minimum atomic E-state index is -0.279. The van der Waals surface area contributed by atoms with Gasteiger partial charge in [0.25, 0.3) is 0 Å². The predicted octanol–water partition coefficient (Wildman–Crippen LogP) is 2.62. The molecule has 0 aromatic carbocycles. The van der Waals surface area contributed by atoms with Crippen LogP contribution in [0.4, 0.5) is 5.13 Å². The molecule has 1 unspecified atom stereocenters. The highest BCUT2D eigenvalue weighted by Gasteiger charge is 2.27. The van der Waals surface area contributed by atoms with Crippen molar-refractivity contribution < 1.29 is 9.53 Å². The van der Waals surface area contributed by atoms with Gasteiger partial charge in [0.05, 0.1) is 12.8 Å². The second-order valence-electron chi connectivity index (χ2n) is 4.30. The summed E-state index contributed by atoms with van der Waals surface area (Å²) in [7, 11) is 1.41. The molecule has 0 aliphatic carbocycles. The second kappa shape index (κ2) is 5.04. The number of anilines is 1. The van der Waals surface area contributed by atoms with Gasteiger partial charge >= 0.3 is 5.97 Å². The standard InChI is InChI=1S/C12H18N2O2S/c1-4-9-6-5-7-14(9)12-13-8(2)10(17-12)11(15)16-3/h9H,4-7H2,1-3H3. The van der Waals surface area contributed by atoms with E-state index in [2.05, 4.69) is 16.8 Å². The molecule has 2 rings (SSSR count). The molecule has 0 spiro atoms. The lowest BCUT2D eigenvalue weighted by molar-refractivity contribution is 0.0605. The number of aryl methyl sites for hydroxylation is 1. The first-order valence-electron chi connectivity index (χ1n) is 5.99. The molecular weight excluding hydrogens is 236 g/mol. The van der Waals surface area contributed by atoms with Crippen LogP contribution in [-0.4, -0.2) is 30.6 Å². The van der Waals surface area contributed by atoms with Gasteiger partial charge in [0.15, 0.2) is 5.13 Å². The zero-order valence-corrected chi connectivity index (χ0v) is 11.3. The third-order valence-corrected chi connectivity index (χ3v) is 4.42. The van der Waals surface area contributed by atoms with Crippen LogP contribution in [0.3, 0.4) is 0 Å². The number of ether oxygens (including phenoxy) is 1. The zero-order valence-electron chi connectivity index (χ0n) is 10.5. The first-order chi connectivity index (χ1) is 8.17. The van der Waals surface area contributed by atoms with E-state index in [1.54, 1.807) is 0 Å². The Kier molecular flexibility index (Phi) is 3.66. The van der Waals surface area contributed by atoms with Crippen molar-refractivity contribution in [3.63, 3.8) is 0 Å². The lowest BCUT2D eigenvalue weighted by Crippen LogP contribution is -2.28. The van der Waals surface area contributed by atoms with Crippen LogP contribution in [0.25, 0.3) is 0 Å². The lowest BCUT2D eigenvalue weighted by atomic mass is 10.2. The Morgan fingerprint density at radius 1 is 1.65 bits per heavy atom. The number of aromatic nitrogens is 1.